The number of benzene rings is 1. The quantitative estimate of drug-likeness (QED) is 0.793. The van der Waals surface area contributed by atoms with Crippen LogP contribution in [0.5, 0.6) is 0 Å². The second-order valence-corrected chi connectivity index (χ2v) is 9.06. The lowest BCUT2D eigenvalue weighted by molar-refractivity contribution is -0.133. The second kappa shape index (κ2) is 7.94. The Morgan fingerprint density at radius 3 is 2.60 bits per heavy atom. The topological polar surface area (TPSA) is 52.7 Å². The number of halogens is 3. The summed E-state index contributed by atoms with van der Waals surface area (Å²) < 4.78 is 39.2. The number of aryl methyl sites for hydroxylation is 1. The van der Waals surface area contributed by atoms with Gasteiger partial charge in [-0.2, -0.15) is 0 Å². The van der Waals surface area contributed by atoms with Gasteiger partial charge in [-0.1, -0.05) is 12.1 Å². The van der Waals surface area contributed by atoms with E-state index in [2.05, 4.69) is 11.4 Å². The molecule has 30 heavy (non-hydrogen) atoms. The first-order chi connectivity index (χ1) is 14.2. The first-order valence-electron chi connectivity index (χ1n) is 9.78. The van der Waals surface area contributed by atoms with Crippen LogP contribution in [0.1, 0.15) is 33.3 Å². The highest BCUT2D eigenvalue weighted by molar-refractivity contribution is 7.12. The molecule has 0 spiro atoms. The van der Waals surface area contributed by atoms with E-state index in [0.717, 1.165) is 27.3 Å². The van der Waals surface area contributed by atoms with E-state index in [1.54, 1.807) is 28.4 Å². The lowest BCUT2D eigenvalue weighted by Gasteiger charge is -2.38. The molecule has 0 unspecified atom stereocenters. The Labute approximate surface area is 176 Å². The molecule has 1 N–H and O–H groups in total. The van der Waals surface area contributed by atoms with Crippen LogP contribution < -0.4 is 5.32 Å². The van der Waals surface area contributed by atoms with Crippen molar-refractivity contribution in [1.82, 2.24) is 15.1 Å². The number of carbonyl (C=O) groups is 2. The molecule has 0 bridgehead atoms. The summed E-state index contributed by atoms with van der Waals surface area (Å²) in [6.07, 6.45) is 0.804. The molecular formula is C21H22F3N3O2S. The number of nitrogens with zero attached hydrogens (tertiary/aromatic N) is 2. The van der Waals surface area contributed by atoms with Crippen LogP contribution in [0.4, 0.5) is 18.0 Å². The summed E-state index contributed by atoms with van der Waals surface area (Å²) in [6, 6.07) is 7.32. The highest BCUT2D eigenvalue weighted by atomic mass is 32.1. The number of likely N-dealkylation sites (tertiary alicyclic amines) is 1. The van der Waals surface area contributed by atoms with E-state index in [0.29, 0.717) is 6.54 Å². The van der Waals surface area contributed by atoms with Crippen molar-refractivity contribution in [2.45, 2.75) is 31.7 Å². The van der Waals surface area contributed by atoms with Gasteiger partial charge in [-0.05, 0) is 42.7 Å². The number of hydrogen-bond acceptors (Lipinski definition) is 3. The summed E-state index contributed by atoms with van der Waals surface area (Å²) in [4.78, 5) is 30.0. The zero-order chi connectivity index (χ0) is 21.5. The largest absolute Gasteiger partial charge is 0.337 e. The molecule has 2 aliphatic rings. The minimum atomic E-state index is -2.82. The van der Waals surface area contributed by atoms with Crippen LogP contribution in [0.25, 0.3) is 0 Å². The minimum Gasteiger partial charge on any atom is -0.337 e. The lowest BCUT2D eigenvalue weighted by atomic mass is 9.92. The van der Waals surface area contributed by atoms with Gasteiger partial charge in [0.25, 0.3) is 5.92 Å². The standard InChI is InChI=1S/C21H22F3N3O2S/c1-13-10-16-17(30-13)7-9-27(19(16)14-2-4-15(22)5-3-14)18(28)6-8-25-20(29)26-11-21(23,24)12-26/h2-5,10,19H,6-9,11-12H2,1H3,(H,25,29)/t19-/m1/s1. The van der Waals surface area contributed by atoms with Gasteiger partial charge in [0.05, 0.1) is 19.1 Å². The summed E-state index contributed by atoms with van der Waals surface area (Å²) in [6.45, 7) is 1.44. The highest BCUT2D eigenvalue weighted by Gasteiger charge is 2.46. The number of alkyl halides is 2. The fraction of sp³-hybridized carbons (Fsp3) is 0.429. The van der Waals surface area contributed by atoms with Crippen molar-refractivity contribution in [3.63, 3.8) is 0 Å². The lowest BCUT2D eigenvalue weighted by Crippen LogP contribution is -2.61. The van der Waals surface area contributed by atoms with Crippen molar-refractivity contribution in [2.75, 3.05) is 26.2 Å². The van der Waals surface area contributed by atoms with Crippen molar-refractivity contribution in [3.05, 3.63) is 57.0 Å². The Morgan fingerprint density at radius 2 is 1.93 bits per heavy atom. The number of rotatable bonds is 4. The third-order valence-corrected chi connectivity index (χ3v) is 6.53. The van der Waals surface area contributed by atoms with Gasteiger partial charge >= 0.3 is 6.03 Å². The summed E-state index contributed by atoms with van der Waals surface area (Å²) >= 11 is 1.70. The maximum Gasteiger partial charge on any atom is 0.317 e. The van der Waals surface area contributed by atoms with Crippen molar-refractivity contribution < 1.29 is 22.8 Å². The molecule has 160 valence electrons. The number of urea groups is 1. The first kappa shape index (κ1) is 20.7. The van der Waals surface area contributed by atoms with Gasteiger partial charge in [0, 0.05) is 29.3 Å². The average molecular weight is 437 g/mol. The van der Waals surface area contributed by atoms with Crippen LogP contribution in [0.2, 0.25) is 0 Å². The molecular weight excluding hydrogens is 415 g/mol. The third-order valence-electron chi connectivity index (χ3n) is 5.40. The van der Waals surface area contributed by atoms with Crippen molar-refractivity contribution in [3.8, 4) is 0 Å². The van der Waals surface area contributed by atoms with Crippen molar-refractivity contribution in [2.24, 2.45) is 0 Å². The molecule has 1 aromatic carbocycles. The fourth-order valence-corrected chi connectivity index (χ4v) is 5.05. The maximum atomic E-state index is 13.4. The third kappa shape index (κ3) is 4.16. The molecule has 3 amide bonds. The molecule has 1 saturated heterocycles. The molecule has 3 heterocycles. The Balaban J connectivity index is 1.44. The molecule has 9 heteroatoms. The SMILES string of the molecule is Cc1cc2c(s1)CCN(C(=O)CCNC(=O)N1CC(F)(F)C1)[C@@H]2c1ccc(F)cc1. The number of amides is 3. The zero-order valence-corrected chi connectivity index (χ0v) is 17.3. The zero-order valence-electron chi connectivity index (χ0n) is 16.5. The summed E-state index contributed by atoms with van der Waals surface area (Å²) in [5.74, 6) is -3.30. The first-order valence-corrected chi connectivity index (χ1v) is 10.6. The number of thiophene rings is 1. The van der Waals surface area contributed by atoms with Gasteiger partial charge in [-0.3, -0.25) is 4.79 Å². The van der Waals surface area contributed by atoms with Crippen LogP contribution in [0.15, 0.2) is 30.3 Å². The Kier molecular flexibility index (Phi) is 5.48. The molecule has 1 fully saturated rings. The van der Waals surface area contributed by atoms with Crippen LogP contribution in [0.3, 0.4) is 0 Å². The van der Waals surface area contributed by atoms with E-state index in [1.165, 1.54) is 17.0 Å². The van der Waals surface area contributed by atoms with E-state index in [1.807, 2.05) is 6.92 Å². The van der Waals surface area contributed by atoms with Gasteiger partial charge in [0.15, 0.2) is 0 Å². The molecule has 5 nitrogen and oxygen atoms in total. The monoisotopic (exact) mass is 437 g/mol. The molecule has 0 aliphatic carbocycles. The molecule has 4 rings (SSSR count). The summed E-state index contributed by atoms with van der Waals surface area (Å²) in [5, 5.41) is 2.54. The highest BCUT2D eigenvalue weighted by Crippen LogP contribution is 2.39. The number of hydrogen-bond donors (Lipinski definition) is 1. The van der Waals surface area contributed by atoms with E-state index >= 15 is 0 Å². The maximum absolute atomic E-state index is 13.4. The molecule has 2 aromatic rings. The average Bonchev–Trinajstić information content (AvgIpc) is 3.06. The molecule has 1 aromatic heterocycles. The Hall–Kier alpha value is -2.55. The van der Waals surface area contributed by atoms with Crippen LogP contribution in [-0.4, -0.2) is 53.8 Å². The van der Waals surface area contributed by atoms with Gasteiger partial charge in [-0.15, -0.1) is 11.3 Å². The van der Waals surface area contributed by atoms with Gasteiger partial charge in [0.1, 0.15) is 5.82 Å². The van der Waals surface area contributed by atoms with Crippen molar-refractivity contribution in [1.29, 1.82) is 0 Å². The summed E-state index contributed by atoms with van der Waals surface area (Å²) in [7, 11) is 0. The van der Waals surface area contributed by atoms with E-state index in [-0.39, 0.29) is 30.7 Å². The van der Waals surface area contributed by atoms with Gasteiger partial charge < -0.3 is 15.1 Å². The summed E-state index contributed by atoms with van der Waals surface area (Å²) in [5.41, 5.74) is 1.88. The molecule has 1 atom stereocenters. The van der Waals surface area contributed by atoms with Crippen molar-refractivity contribution >= 4 is 23.3 Å². The van der Waals surface area contributed by atoms with Gasteiger partial charge in [-0.25, -0.2) is 18.0 Å². The fourth-order valence-electron chi connectivity index (χ4n) is 3.99. The Morgan fingerprint density at radius 1 is 1.23 bits per heavy atom. The minimum absolute atomic E-state index is 0.0616. The molecule has 2 aliphatic heterocycles. The Bertz CT molecular complexity index is 953. The normalized spacial score (nSPS) is 19.8. The van der Waals surface area contributed by atoms with Crippen LogP contribution in [0, 0.1) is 12.7 Å². The molecule has 0 saturated carbocycles. The number of fused-ring (bicyclic) bond motifs is 1. The van der Waals surface area contributed by atoms with E-state index < -0.39 is 25.0 Å². The number of nitrogens with one attached hydrogen (secondary N) is 1. The second-order valence-electron chi connectivity index (χ2n) is 7.72. The van der Waals surface area contributed by atoms with Crippen LogP contribution in [-0.2, 0) is 11.2 Å². The predicted molar refractivity (Wildman–Crippen MR) is 107 cm³/mol. The number of carbonyl (C=O) groups excluding carboxylic acids is 2. The molecule has 0 radical (unpaired) electrons. The predicted octanol–water partition coefficient (Wildman–Crippen LogP) is 3.72. The smallest absolute Gasteiger partial charge is 0.317 e. The van der Waals surface area contributed by atoms with E-state index in [9.17, 15) is 22.8 Å². The van der Waals surface area contributed by atoms with Crippen LogP contribution >= 0.6 is 11.3 Å². The van der Waals surface area contributed by atoms with E-state index in [4.69, 9.17) is 0 Å². The van der Waals surface area contributed by atoms with Gasteiger partial charge in [0.2, 0.25) is 5.91 Å².